The summed E-state index contributed by atoms with van der Waals surface area (Å²) >= 11 is 0. The lowest BCUT2D eigenvalue weighted by molar-refractivity contribution is 0.594. The molecule has 2 aliphatic carbocycles. The van der Waals surface area contributed by atoms with Gasteiger partial charge in [-0.05, 0) is 31.6 Å². The number of hydrogen-bond donors (Lipinski definition) is 1. The molecular weight excluding hydrogens is 207 g/mol. The summed E-state index contributed by atoms with van der Waals surface area (Å²) in [6, 6.07) is 0.462. The van der Waals surface area contributed by atoms with Gasteiger partial charge in [0.1, 0.15) is 0 Å². The Hall–Kier alpha value is -1.39. The molecule has 0 bridgehead atoms. The molecule has 2 N–H and O–H groups in total. The van der Waals surface area contributed by atoms with E-state index in [1.54, 1.807) is 0 Å². The van der Waals surface area contributed by atoms with Gasteiger partial charge in [-0.15, -0.1) is 0 Å². The standard InChI is InChI=1S/C11H15FN4/c12-9-5-14-11(13)15-10(9)16(8-3-4-8)6-7-1-2-7/h5,7-8H,1-4,6H2,(H2,13,14,15). The quantitative estimate of drug-likeness (QED) is 0.840. The van der Waals surface area contributed by atoms with Crippen LogP contribution in [0.4, 0.5) is 16.2 Å². The fourth-order valence-corrected chi connectivity index (χ4v) is 1.95. The fraction of sp³-hybridized carbons (Fsp3) is 0.636. The van der Waals surface area contributed by atoms with E-state index >= 15 is 0 Å². The molecule has 0 radical (unpaired) electrons. The van der Waals surface area contributed by atoms with Crippen LogP contribution in [0.15, 0.2) is 6.20 Å². The predicted molar refractivity (Wildman–Crippen MR) is 59.5 cm³/mol. The molecule has 1 heterocycles. The molecule has 0 spiro atoms. The highest BCUT2D eigenvalue weighted by Gasteiger charge is 2.35. The van der Waals surface area contributed by atoms with Crippen molar-refractivity contribution in [3.63, 3.8) is 0 Å². The van der Waals surface area contributed by atoms with E-state index in [1.807, 2.05) is 0 Å². The van der Waals surface area contributed by atoms with Crippen LogP contribution >= 0.6 is 0 Å². The van der Waals surface area contributed by atoms with Crippen LogP contribution < -0.4 is 10.6 Å². The smallest absolute Gasteiger partial charge is 0.222 e. The van der Waals surface area contributed by atoms with Crippen LogP contribution in [0.25, 0.3) is 0 Å². The second-order valence-electron chi connectivity index (χ2n) is 4.73. The summed E-state index contributed by atoms with van der Waals surface area (Å²) < 4.78 is 13.7. The second kappa shape index (κ2) is 3.57. The van der Waals surface area contributed by atoms with Crippen molar-refractivity contribution in [1.29, 1.82) is 0 Å². The average molecular weight is 222 g/mol. The van der Waals surface area contributed by atoms with Gasteiger partial charge >= 0.3 is 0 Å². The zero-order valence-electron chi connectivity index (χ0n) is 9.06. The molecule has 2 aliphatic rings. The fourth-order valence-electron chi connectivity index (χ4n) is 1.95. The Morgan fingerprint density at radius 1 is 1.38 bits per heavy atom. The number of nitrogens with two attached hydrogens (primary N) is 1. The van der Waals surface area contributed by atoms with Crippen molar-refractivity contribution in [2.75, 3.05) is 17.2 Å². The lowest BCUT2D eigenvalue weighted by Gasteiger charge is -2.23. The average Bonchev–Trinajstić information content (AvgIpc) is 3.12. The van der Waals surface area contributed by atoms with E-state index in [1.165, 1.54) is 19.0 Å². The molecular formula is C11H15FN4. The van der Waals surface area contributed by atoms with Crippen LogP contribution in [-0.4, -0.2) is 22.6 Å². The van der Waals surface area contributed by atoms with Gasteiger partial charge in [-0.3, -0.25) is 0 Å². The Labute approximate surface area is 93.7 Å². The number of rotatable bonds is 4. The van der Waals surface area contributed by atoms with E-state index in [9.17, 15) is 4.39 Å². The van der Waals surface area contributed by atoms with Crippen molar-refractivity contribution in [2.24, 2.45) is 5.92 Å². The Bertz CT molecular complexity index is 401. The highest BCUT2D eigenvalue weighted by molar-refractivity contribution is 5.45. The summed E-state index contributed by atoms with van der Waals surface area (Å²) in [6.45, 7) is 0.915. The molecule has 0 aliphatic heterocycles. The van der Waals surface area contributed by atoms with Crippen LogP contribution in [0.3, 0.4) is 0 Å². The lowest BCUT2D eigenvalue weighted by Crippen LogP contribution is -2.30. The monoisotopic (exact) mass is 222 g/mol. The SMILES string of the molecule is Nc1ncc(F)c(N(CC2CC2)C2CC2)n1. The topological polar surface area (TPSA) is 55.0 Å². The maximum Gasteiger partial charge on any atom is 0.222 e. The first-order valence-corrected chi connectivity index (χ1v) is 5.78. The minimum Gasteiger partial charge on any atom is -0.368 e. The first-order chi connectivity index (χ1) is 7.74. The van der Waals surface area contributed by atoms with Crippen molar-refractivity contribution in [3.8, 4) is 0 Å². The normalized spacial score (nSPS) is 19.8. The largest absolute Gasteiger partial charge is 0.368 e. The van der Waals surface area contributed by atoms with Crippen molar-refractivity contribution in [2.45, 2.75) is 31.7 Å². The first kappa shape index (κ1) is 9.81. The molecule has 1 aromatic rings. The maximum atomic E-state index is 13.7. The van der Waals surface area contributed by atoms with Crippen molar-refractivity contribution >= 4 is 11.8 Å². The van der Waals surface area contributed by atoms with Crippen LogP contribution in [0.1, 0.15) is 25.7 Å². The van der Waals surface area contributed by atoms with Gasteiger partial charge in [-0.2, -0.15) is 4.98 Å². The van der Waals surface area contributed by atoms with Crippen LogP contribution in [-0.2, 0) is 0 Å². The number of anilines is 2. The third kappa shape index (κ3) is 1.94. The van der Waals surface area contributed by atoms with E-state index in [4.69, 9.17) is 5.73 Å². The summed E-state index contributed by atoms with van der Waals surface area (Å²) in [5.41, 5.74) is 5.52. The Morgan fingerprint density at radius 2 is 2.12 bits per heavy atom. The molecule has 0 unspecified atom stereocenters. The van der Waals surface area contributed by atoms with Crippen molar-refractivity contribution in [3.05, 3.63) is 12.0 Å². The molecule has 0 saturated heterocycles. The molecule has 86 valence electrons. The Balaban J connectivity index is 1.87. The van der Waals surface area contributed by atoms with Crippen LogP contribution in [0.5, 0.6) is 0 Å². The van der Waals surface area contributed by atoms with Crippen LogP contribution in [0, 0.1) is 11.7 Å². The first-order valence-electron chi connectivity index (χ1n) is 5.78. The van der Waals surface area contributed by atoms with Gasteiger partial charge in [0.2, 0.25) is 5.95 Å². The molecule has 0 atom stereocenters. The summed E-state index contributed by atoms with van der Waals surface area (Å²) in [5.74, 6) is 0.901. The molecule has 4 nitrogen and oxygen atoms in total. The van der Waals surface area contributed by atoms with Gasteiger partial charge in [0.15, 0.2) is 11.6 Å². The highest BCUT2D eigenvalue weighted by Crippen LogP contribution is 2.37. The van der Waals surface area contributed by atoms with Crippen molar-refractivity contribution in [1.82, 2.24) is 9.97 Å². The number of hydrogen-bond acceptors (Lipinski definition) is 4. The Morgan fingerprint density at radius 3 is 2.75 bits per heavy atom. The highest BCUT2D eigenvalue weighted by atomic mass is 19.1. The predicted octanol–water partition coefficient (Wildman–Crippen LogP) is 1.58. The minimum absolute atomic E-state index is 0.151. The second-order valence-corrected chi connectivity index (χ2v) is 4.73. The molecule has 1 aromatic heterocycles. The van der Waals surface area contributed by atoms with Crippen molar-refractivity contribution < 1.29 is 4.39 Å². The molecule has 3 rings (SSSR count). The number of halogens is 1. The van der Waals surface area contributed by atoms with E-state index in [2.05, 4.69) is 14.9 Å². The van der Waals surface area contributed by atoms with Gasteiger partial charge in [-0.25, -0.2) is 9.37 Å². The number of nitrogens with zero attached hydrogens (tertiary/aromatic N) is 3. The molecule has 2 saturated carbocycles. The molecule has 2 fully saturated rings. The Kier molecular flexibility index (Phi) is 2.19. The van der Waals surface area contributed by atoms with E-state index in [0.29, 0.717) is 11.9 Å². The summed E-state index contributed by atoms with van der Waals surface area (Å²) in [6.07, 6.45) is 5.95. The molecule has 0 aromatic carbocycles. The van der Waals surface area contributed by atoms with E-state index < -0.39 is 0 Å². The summed E-state index contributed by atoms with van der Waals surface area (Å²) in [5, 5.41) is 0. The van der Waals surface area contributed by atoms with E-state index in [0.717, 1.165) is 25.3 Å². The zero-order valence-corrected chi connectivity index (χ0v) is 9.06. The van der Waals surface area contributed by atoms with Gasteiger partial charge in [-0.1, -0.05) is 0 Å². The zero-order chi connectivity index (χ0) is 11.1. The molecule has 16 heavy (non-hydrogen) atoms. The van der Waals surface area contributed by atoms with Gasteiger partial charge in [0, 0.05) is 12.6 Å². The third-order valence-electron chi connectivity index (χ3n) is 3.16. The molecule has 5 heteroatoms. The maximum absolute atomic E-state index is 13.7. The minimum atomic E-state index is -0.359. The van der Waals surface area contributed by atoms with E-state index in [-0.39, 0.29) is 11.8 Å². The summed E-state index contributed by atoms with van der Waals surface area (Å²) in [4.78, 5) is 9.77. The number of nitrogen functional groups attached to an aromatic ring is 1. The third-order valence-corrected chi connectivity index (χ3v) is 3.16. The van der Waals surface area contributed by atoms with Gasteiger partial charge in [0.25, 0.3) is 0 Å². The van der Waals surface area contributed by atoms with Gasteiger partial charge in [0.05, 0.1) is 6.20 Å². The summed E-state index contributed by atoms with van der Waals surface area (Å²) in [7, 11) is 0. The lowest BCUT2D eigenvalue weighted by atomic mass is 10.3. The van der Waals surface area contributed by atoms with Crippen LogP contribution in [0.2, 0.25) is 0 Å². The number of aromatic nitrogens is 2. The van der Waals surface area contributed by atoms with Gasteiger partial charge < -0.3 is 10.6 Å². The molecule has 0 amide bonds.